The molecule has 0 saturated heterocycles. The molecule has 0 aromatic rings. The van der Waals surface area contributed by atoms with E-state index in [4.69, 9.17) is 4.74 Å². The predicted molar refractivity (Wildman–Crippen MR) is 50.6 cm³/mol. The van der Waals surface area contributed by atoms with E-state index in [-0.39, 0.29) is 18.2 Å². The molecule has 0 saturated carbocycles. The number of ketones is 2. The molecule has 80 valence electrons. The van der Waals surface area contributed by atoms with Gasteiger partial charge in [-0.15, -0.1) is 0 Å². The van der Waals surface area contributed by atoms with Crippen LogP contribution in [0.1, 0.15) is 27.7 Å². The van der Waals surface area contributed by atoms with E-state index in [2.05, 4.69) is 0 Å². The van der Waals surface area contributed by atoms with Crippen molar-refractivity contribution >= 4 is 17.5 Å². The number of carbonyl (C=O) groups is 3. The lowest BCUT2D eigenvalue weighted by atomic mass is 9.88. The standard InChI is InChI=1S/C10H16O4/c1-5-14-10(13)9(8(4)12)6(2)7(3)11/h6,9H,5H2,1-4H3/t6-,9+/m1/s1. The molecule has 0 unspecified atom stereocenters. The lowest BCUT2D eigenvalue weighted by Gasteiger charge is -2.17. The van der Waals surface area contributed by atoms with Gasteiger partial charge in [-0.3, -0.25) is 14.4 Å². The summed E-state index contributed by atoms with van der Waals surface area (Å²) in [7, 11) is 0. The van der Waals surface area contributed by atoms with Crippen LogP contribution >= 0.6 is 0 Å². The Morgan fingerprint density at radius 1 is 1.14 bits per heavy atom. The van der Waals surface area contributed by atoms with Crippen LogP contribution in [0.3, 0.4) is 0 Å². The van der Waals surface area contributed by atoms with Crippen molar-refractivity contribution in [1.29, 1.82) is 0 Å². The van der Waals surface area contributed by atoms with Crippen LogP contribution in [0.5, 0.6) is 0 Å². The average Bonchev–Trinajstić information content (AvgIpc) is 2.03. The maximum absolute atomic E-state index is 11.3. The summed E-state index contributed by atoms with van der Waals surface area (Å²) in [6, 6.07) is 0. The minimum Gasteiger partial charge on any atom is -0.465 e. The molecule has 0 fully saturated rings. The van der Waals surface area contributed by atoms with Gasteiger partial charge in [0.1, 0.15) is 17.5 Å². The van der Waals surface area contributed by atoms with Crippen molar-refractivity contribution in [1.82, 2.24) is 0 Å². The zero-order valence-electron chi connectivity index (χ0n) is 8.99. The Bertz CT molecular complexity index is 245. The molecule has 4 heteroatoms. The number of Topliss-reactive ketones (excluding diaryl/α,β-unsaturated/α-hetero) is 2. The molecule has 14 heavy (non-hydrogen) atoms. The Hall–Kier alpha value is -1.19. The van der Waals surface area contributed by atoms with Gasteiger partial charge in [0.05, 0.1) is 6.61 Å². The zero-order valence-corrected chi connectivity index (χ0v) is 8.99. The maximum atomic E-state index is 11.3. The first kappa shape index (κ1) is 12.8. The summed E-state index contributed by atoms with van der Waals surface area (Å²) in [6.07, 6.45) is 0. The number of carbonyl (C=O) groups excluding carboxylic acids is 3. The van der Waals surface area contributed by atoms with Crippen LogP contribution < -0.4 is 0 Å². The van der Waals surface area contributed by atoms with E-state index in [1.54, 1.807) is 13.8 Å². The molecule has 0 aliphatic rings. The van der Waals surface area contributed by atoms with Gasteiger partial charge >= 0.3 is 5.97 Å². The van der Waals surface area contributed by atoms with Gasteiger partial charge in [-0.25, -0.2) is 0 Å². The highest BCUT2D eigenvalue weighted by molar-refractivity contribution is 6.02. The third-order valence-electron chi connectivity index (χ3n) is 2.12. The Kier molecular flexibility index (Phi) is 5.05. The molecule has 4 nitrogen and oxygen atoms in total. The van der Waals surface area contributed by atoms with Crippen LogP contribution in [-0.2, 0) is 19.1 Å². The smallest absolute Gasteiger partial charge is 0.317 e. The van der Waals surface area contributed by atoms with Crippen molar-refractivity contribution in [3.8, 4) is 0 Å². The monoisotopic (exact) mass is 200 g/mol. The largest absolute Gasteiger partial charge is 0.465 e. The lowest BCUT2D eigenvalue weighted by Crippen LogP contribution is -2.33. The number of esters is 1. The number of hydrogen-bond donors (Lipinski definition) is 0. The first-order chi connectivity index (χ1) is 6.41. The average molecular weight is 200 g/mol. The van der Waals surface area contributed by atoms with Crippen LogP contribution in [0, 0.1) is 11.8 Å². The fourth-order valence-electron chi connectivity index (χ4n) is 1.19. The molecule has 0 aliphatic heterocycles. The third kappa shape index (κ3) is 3.28. The van der Waals surface area contributed by atoms with Crippen molar-refractivity contribution in [2.75, 3.05) is 6.61 Å². The SMILES string of the molecule is CCOC(=O)[C@H](C(C)=O)[C@H](C)C(C)=O. The fraction of sp³-hybridized carbons (Fsp3) is 0.700. The van der Waals surface area contributed by atoms with E-state index in [9.17, 15) is 14.4 Å². The van der Waals surface area contributed by atoms with Crippen molar-refractivity contribution in [2.45, 2.75) is 27.7 Å². The van der Waals surface area contributed by atoms with Gasteiger partial charge in [-0.05, 0) is 20.8 Å². The van der Waals surface area contributed by atoms with Gasteiger partial charge in [0, 0.05) is 5.92 Å². The minimum absolute atomic E-state index is 0.182. The molecule has 0 spiro atoms. The molecule has 0 heterocycles. The molecule has 0 amide bonds. The Morgan fingerprint density at radius 3 is 1.93 bits per heavy atom. The zero-order chi connectivity index (χ0) is 11.3. The van der Waals surface area contributed by atoms with Crippen LogP contribution in [0.15, 0.2) is 0 Å². The predicted octanol–water partition coefficient (Wildman–Crippen LogP) is 0.980. The van der Waals surface area contributed by atoms with Gasteiger partial charge < -0.3 is 4.74 Å². The molecule has 0 rings (SSSR count). The second-order valence-electron chi connectivity index (χ2n) is 3.24. The van der Waals surface area contributed by atoms with Crippen molar-refractivity contribution < 1.29 is 19.1 Å². The summed E-state index contributed by atoms with van der Waals surface area (Å²) >= 11 is 0. The summed E-state index contributed by atoms with van der Waals surface area (Å²) in [6.45, 7) is 6.09. The van der Waals surface area contributed by atoms with E-state index >= 15 is 0 Å². The van der Waals surface area contributed by atoms with Crippen LogP contribution in [-0.4, -0.2) is 24.1 Å². The Morgan fingerprint density at radius 2 is 1.64 bits per heavy atom. The number of hydrogen-bond acceptors (Lipinski definition) is 4. The second kappa shape index (κ2) is 5.52. The quantitative estimate of drug-likeness (QED) is 0.490. The number of rotatable bonds is 5. The summed E-state index contributed by atoms with van der Waals surface area (Å²) in [5.41, 5.74) is 0. The summed E-state index contributed by atoms with van der Waals surface area (Å²) < 4.78 is 4.72. The van der Waals surface area contributed by atoms with E-state index in [1.165, 1.54) is 13.8 Å². The minimum atomic E-state index is -0.951. The van der Waals surface area contributed by atoms with Gasteiger partial charge in [0.15, 0.2) is 0 Å². The first-order valence-corrected chi connectivity index (χ1v) is 4.59. The Balaban J connectivity index is 4.68. The number of ether oxygens (including phenoxy) is 1. The van der Waals surface area contributed by atoms with Crippen molar-refractivity contribution in [2.24, 2.45) is 11.8 Å². The molecular weight excluding hydrogens is 184 g/mol. The topological polar surface area (TPSA) is 60.4 Å². The molecule has 2 atom stereocenters. The van der Waals surface area contributed by atoms with E-state index in [1.807, 2.05) is 0 Å². The molecule has 0 N–H and O–H groups in total. The van der Waals surface area contributed by atoms with Crippen molar-refractivity contribution in [3.63, 3.8) is 0 Å². The van der Waals surface area contributed by atoms with Crippen LogP contribution in [0.2, 0.25) is 0 Å². The normalized spacial score (nSPS) is 14.3. The lowest BCUT2D eigenvalue weighted by molar-refractivity contribution is -0.155. The molecule has 0 bridgehead atoms. The third-order valence-corrected chi connectivity index (χ3v) is 2.12. The summed E-state index contributed by atoms with van der Waals surface area (Å²) in [5.74, 6) is -2.67. The first-order valence-electron chi connectivity index (χ1n) is 4.59. The van der Waals surface area contributed by atoms with E-state index in [0.717, 1.165) is 0 Å². The highest BCUT2D eigenvalue weighted by Gasteiger charge is 2.33. The van der Waals surface area contributed by atoms with Gasteiger partial charge in [0.2, 0.25) is 0 Å². The van der Waals surface area contributed by atoms with Gasteiger partial charge in [-0.2, -0.15) is 0 Å². The molecule has 0 aromatic carbocycles. The van der Waals surface area contributed by atoms with Crippen LogP contribution in [0.25, 0.3) is 0 Å². The van der Waals surface area contributed by atoms with Gasteiger partial charge in [0.25, 0.3) is 0 Å². The van der Waals surface area contributed by atoms with Crippen molar-refractivity contribution in [3.05, 3.63) is 0 Å². The van der Waals surface area contributed by atoms with E-state index in [0.29, 0.717) is 0 Å². The molecule has 0 aromatic heterocycles. The highest BCUT2D eigenvalue weighted by atomic mass is 16.5. The van der Waals surface area contributed by atoms with E-state index < -0.39 is 17.8 Å². The maximum Gasteiger partial charge on any atom is 0.317 e. The summed E-state index contributed by atoms with van der Waals surface area (Å²) in [4.78, 5) is 33.5. The highest BCUT2D eigenvalue weighted by Crippen LogP contribution is 2.15. The molecular formula is C10H16O4. The fourth-order valence-corrected chi connectivity index (χ4v) is 1.19. The second-order valence-corrected chi connectivity index (χ2v) is 3.24. The molecule has 0 radical (unpaired) electrons. The van der Waals surface area contributed by atoms with Crippen LogP contribution in [0.4, 0.5) is 0 Å². The molecule has 0 aliphatic carbocycles. The summed E-state index contributed by atoms with van der Waals surface area (Å²) in [5, 5.41) is 0. The Labute approximate surface area is 83.6 Å². The van der Waals surface area contributed by atoms with Gasteiger partial charge in [-0.1, -0.05) is 6.92 Å².